The van der Waals surface area contributed by atoms with Crippen molar-refractivity contribution in [1.82, 2.24) is 9.97 Å². The fourth-order valence-corrected chi connectivity index (χ4v) is 3.56. The number of allylic oxidation sites excluding steroid dienone is 1. The third-order valence-corrected chi connectivity index (χ3v) is 5.42. The number of hydrogen-bond acceptors (Lipinski definition) is 4. The Kier molecular flexibility index (Phi) is 8.68. The van der Waals surface area contributed by atoms with Gasteiger partial charge in [-0.15, -0.1) is 0 Å². The molecule has 6 heteroatoms. The second kappa shape index (κ2) is 11.7. The minimum Gasteiger partial charge on any atom is -0.479 e. The maximum Gasteiger partial charge on any atom is 0.314 e. The van der Waals surface area contributed by atoms with E-state index < -0.39 is 11.6 Å². The summed E-state index contributed by atoms with van der Waals surface area (Å²) in [5.74, 6) is -1.76. The van der Waals surface area contributed by atoms with Crippen molar-refractivity contribution in [2.45, 2.75) is 58.5 Å². The normalized spacial score (nSPS) is 12.6. The standard InChI is InChI=1S/C26H30F2N2O2/c1-3-4-8-15-32-18(2)9-6-5-7-10-19-11-13-22(25(28)24(19)27)20-12-14-23-21(16-20)17-29-26(31)30-23/h7,10-14,16-18H,3-6,8-9,15H2,1-2H3,(H,29,30,31). The molecule has 0 aliphatic rings. The molecule has 0 saturated heterocycles. The maximum absolute atomic E-state index is 14.8. The lowest BCUT2D eigenvalue weighted by atomic mass is 10.0. The molecule has 1 N–H and O–H groups in total. The fourth-order valence-electron chi connectivity index (χ4n) is 3.56. The SMILES string of the molecule is CCCCCOC(C)CCCC=Cc1ccc(-c2ccc3nc(O)ncc3c2)c(F)c1F. The van der Waals surface area contributed by atoms with Crippen LogP contribution in [0.1, 0.15) is 57.9 Å². The van der Waals surface area contributed by atoms with E-state index in [0.717, 1.165) is 32.3 Å². The fraction of sp³-hybridized carbons (Fsp3) is 0.385. The Morgan fingerprint density at radius 2 is 1.94 bits per heavy atom. The summed E-state index contributed by atoms with van der Waals surface area (Å²) in [6, 6.07) is 7.80. The van der Waals surface area contributed by atoms with E-state index in [9.17, 15) is 13.9 Å². The predicted octanol–water partition coefficient (Wildman–Crippen LogP) is 7.06. The molecule has 1 atom stereocenters. The van der Waals surface area contributed by atoms with Gasteiger partial charge < -0.3 is 9.84 Å². The van der Waals surface area contributed by atoms with E-state index in [2.05, 4.69) is 23.8 Å². The van der Waals surface area contributed by atoms with Gasteiger partial charge in [0.15, 0.2) is 11.6 Å². The lowest BCUT2D eigenvalue weighted by Crippen LogP contribution is -2.08. The van der Waals surface area contributed by atoms with Crippen molar-refractivity contribution in [3.8, 4) is 17.1 Å². The highest BCUT2D eigenvalue weighted by Gasteiger charge is 2.14. The molecule has 0 aliphatic carbocycles. The van der Waals surface area contributed by atoms with Gasteiger partial charge in [0, 0.05) is 29.3 Å². The minimum absolute atomic E-state index is 0.170. The second-order valence-corrected chi connectivity index (χ2v) is 8.00. The summed E-state index contributed by atoms with van der Waals surface area (Å²) in [4.78, 5) is 7.64. The first-order valence-electron chi connectivity index (χ1n) is 11.2. The van der Waals surface area contributed by atoms with E-state index in [1.165, 1.54) is 19.0 Å². The molecule has 0 fully saturated rings. The highest BCUT2D eigenvalue weighted by molar-refractivity contribution is 5.84. The number of nitrogens with zero attached hydrogens (tertiary/aromatic N) is 2. The molecule has 0 bridgehead atoms. The number of hydrogen-bond donors (Lipinski definition) is 1. The van der Waals surface area contributed by atoms with E-state index in [1.54, 1.807) is 36.4 Å². The summed E-state index contributed by atoms with van der Waals surface area (Å²) >= 11 is 0. The van der Waals surface area contributed by atoms with Crippen LogP contribution in [-0.2, 0) is 4.74 Å². The molecule has 4 nitrogen and oxygen atoms in total. The van der Waals surface area contributed by atoms with Crippen LogP contribution in [0.15, 0.2) is 42.6 Å². The third-order valence-electron chi connectivity index (χ3n) is 5.42. The molecular formula is C26H30F2N2O2. The molecule has 0 aliphatic heterocycles. The van der Waals surface area contributed by atoms with Crippen LogP contribution >= 0.6 is 0 Å². The number of ether oxygens (including phenoxy) is 1. The molecule has 1 aromatic heterocycles. The van der Waals surface area contributed by atoms with Gasteiger partial charge in [0.1, 0.15) is 0 Å². The van der Waals surface area contributed by atoms with Gasteiger partial charge in [-0.25, -0.2) is 13.8 Å². The average Bonchev–Trinajstić information content (AvgIpc) is 2.79. The molecule has 3 aromatic rings. The minimum atomic E-state index is -0.889. The molecule has 3 rings (SSSR count). The van der Waals surface area contributed by atoms with Crippen LogP contribution in [0, 0.1) is 11.6 Å². The number of aromatic hydroxyl groups is 1. The monoisotopic (exact) mass is 440 g/mol. The lowest BCUT2D eigenvalue weighted by molar-refractivity contribution is 0.0566. The summed E-state index contributed by atoms with van der Waals surface area (Å²) in [6.45, 7) is 5.05. The Morgan fingerprint density at radius 1 is 1.09 bits per heavy atom. The molecule has 0 spiro atoms. The molecule has 1 unspecified atom stereocenters. The van der Waals surface area contributed by atoms with Crippen LogP contribution in [0.5, 0.6) is 6.01 Å². The zero-order valence-corrected chi connectivity index (χ0v) is 18.7. The third kappa shape index (κ3) is 6.33. The summed E-state index contributed by atoms with van der Waals surface area (Å²) in [5.41, 5.74) is 1.45. The molecule has 170 valence electrons. The number of halogens is 2. The van der Waals surface area contributed by atoms with E-state index in [4.69, 9.17) is 4.74 Å². The highest BCUT2D eigenvalue weighted by atomic mass is 19.2. The van der Waals surface area contributed by atoms with Gasteiger partial charge in [0.05, 0.1) is 11.6 Å². The van der Waals surface area contributed by atoms with Gasteiger partial charge in [-0.3, -0.25) is 0 Å². The summed E-state index contributed by atoms with van der Waals surface area (Å²) in [7, 11) is 0. The number of aromatic nitrogens is 2. The quantitative estimate of drug-likeness (QED) is 0.324. The van der Waals surface area contributed by atoms with E-state index >= 15 is 0 Å². The Morgan fingerprint density at radius 3 is 2.75 bits per heavy atom. The average molecular weight is 441 g/mol. The number of unbranched alkanes of at least 4 members (excludes halogenated alkanes) is 3. The van der Waals surface area contributed by atoms with Crippen molar-refractivity contribution in [3.05, 3.63) is 59.8 Å². The van der Waals surface area contributed by atoms with Crippen molar-refractivity contribution in [3.63, 3.8) is 0 Å². The summed E-state index contributed by atoms with van der Waals surface area (Å²) in [6.07, 6.45) is 11.3. The van der Waals surface area contributed by atoms with E-state index in [0.29, 0.717) is 16.5 Å². The second-order valence-electron chi connectivity index (χ2n) is 8.00. The maximum atomic E-state index is 14.8. The van der Waals surface area contributed by atoms with Gasteiger partial charge >= 0.3 is 6.01 Å². The molecule has 2 aromatic carbocycles. The highest BCUT2D eigenvalue weighted by Crippen LogP contribution is 2.29. The predicted molar refractivity (Wildman–Crippen MR) is 124 cm³/mol. The van der Waals surface area contributed by atoms with Crippen LogP contribution in [0.25, 0.3) is 28.1 Å². The van der Waals surface area contributed by atoms with Crippen LogP contribution < -0.4 is 0 Å². The van der Waals surface area contributed by atoms with Crippen molar-refractivity contribution in [2.24, 2.45) is 0 Å². The van der Waals surface area contributed by atoms with Crippen molar-refractivity contribution >= 4 is 17.0 Å². The largest absolute Gasteiger partial charge is 0.479 e. The number of benzene rings is 2. The molecular weight excluding hydrogens is 410 g/mol. The topological polar surface area (TPSA) is 55.2 Å². The Balaban J connectivity index is 1.59. The van der Waals surface area contributed by atoms with Gasteiger partial charge in [-0.05, 0) is 50.3 Å². The Bertz CT molecular complexity index is 1070. The number of fused-ring (bicyclic) bond motifs is 1. The van der Waals surface area contributed by atoms with Crippen LogP contribution in [-0.4, -0.2) is 27.8 Å². The Labute approximate surface area is 188 Å². The first-order valence-corrected chi connectivity index (χ1v) is 11.2. The first-order chi connectivity index (χ1) is 15.5. The molecule has 0 amide bonds. The Hall–Kier alpha value is -2.86. The van der Waals surface area contributed by atoms with Crippen molar-refractivity contribution < 1.29 is 18.6 Å². The number of rotatable bonds is 11. The summed E-state index contributed by atoms with van der Waals surface area (Å²) in [5, 5.41) is 10.00. The molecule has 32 heavy (non-hydrogen) atoms. The van der Waals surface area contributed by atoms with Crippen LogP contribution in [0.3, 0.4) is 0 Å². The molecule has 1 heterocycles. The van der Waals surface area contributed by atoms with E-state index in [-0.39, 0.29) is 23.2 Å². The molecule has 0 saturated carbocycles. The van der Waals surface area contributed by atoms with Crippen molar-refractivity contribution in [2.75, 3.05) is 6.61 Å². The zero-order valence-electron chi connectivity index (χ0n) is 18.7. The van der Waals surface area contributed by atoms with E-state index in [1.807, 2.05) is 6.08 Å². The smallest absolute Gasteiger partial charge is 0.314 e. The van der Waals surface area contributed by atoms with Crippen LogP contribution in [0.4, 0.5) is 8.78 Å². The van der Waals surface area contributed by atoms with Crippen LogP contribution in [0.2, 0.25) is 0 Å². The molecule has 0 radical (unpaired) electrons. The summed E-state index contributed by atoms with van der Waals surface area (Å²) < 4.78 is 35.2. The first kappa shape index (κ1) is 23.8. The zero-order chi connectivity index (χ0) is 22.9. The van der Waals surface area contributed by atoms with Gasteiger partial charge in [0.25, 0.3) is 0 Å². The van der Waals surface area contributed by atoms with Crippen molar-refractivity contribution in [1.29, 1.82) is 0 Å². The van der Waals surface area contributed by atoms with Gasteiger partial charge in [-0.2, -0.15) is 4.98 Å². The van der Waals surface area contributed by atoms with Gasteiger partial charge in [0.2, 0.25) is 0 Å². The van der Waals surface area contributed by atoms with Gasteiger partial charge in [-0.1, -0.05) is 50.1 Å². The lowest BCUT2D eigenvalue weighted by Gasteiger charge is -2.12.